The second-order valence-corrected chi connectivity index (χ2v) is 18.0. The third-order valence-electron chi connectivity index (χ3n) is 11.7. The van der Waals surface area contributed by atoms with Crippen LogP contribution < -0.4 is 77.4 Å². The van der Waals surface area contributed by atoms with E-state index >= 15 is 0 Å². The standard InChI is InChI=1S/C46H77ClN16O11/c1-26(57-43(71)37(35(64)24-51)62-39(67)29(52)13-4-6-18-48)38(66)56-25-36(65)58-31(15-8-20-50)44(72)63-22-10-17-34(63)42(70)61-33(23-27-11-2-3-12-28(27)47)41(69)59-30(14-5-7-19-49)40(68)60-32(45(73)74)16-9-21-55-46(53)54/h2-3,11-12,16,26,29-31,33-35,37,64H,4-10,13-15,17-25,48-52H2,1H3,(H,56,66)(H,57,71)(H,58,65)(H,59,69)(H,60,68)(H,61,70)(H,62,67)(H,73,74)(H4,53,54,55)/b32-16-/t26-,29-,30-,31+,33-,34-,35-,37-/m0/s1. The summed E-state index contributed by atoms with van der Waals surface area (Å²) in [4.78, 5) is 126. The summed E-state index contributed by atoms with van der Waals surface area (Å²) in [5.41, 5.74) is 39.1. The van der Waals surface area contributed by atoms with Crippen molar-refractivity contribution in [2.24, 2.45) is 45.1 Å². The number of carboxylic acids is 1. The molecule has 0 aromatic heterocycles. The zero-order valence-electron chi connectivity index (χ0n) is 41.8. The molecule has 23 N–H and O–H groups in total. The summed E-state index contributed by atoms with van der Waals surface area (Å²) in [6.07, 6.45) is 2.70. The first-order chi connectivity index (χ1) is 35.2. The number of amides is 8. The lowest BCUT2D eigenvalue weighted by atomic mass is 10.0. The molecule has 0 spiro atoms. The number of guanidine groups is 1. The van der Waals surface area contributed by atoms with E-state index in [0.29, 0.717) is 44.2 Å². The summed E-state index contributed by atoms with van der Waals surface area (Å²) in [5, 5.41) is 37.9. The number of aliphatic carboxylic acids is 1. The molecule has 0 unspecified atom stereocenters. The van der Waals surface area contributed by atoms with E-state index in [9.17, 15) is 53.4 Å². The lowest BCUT2D eigenvalue weighted by Gasteiger charge is -2.30. The fourth-order valence-corrected chi connectivity index (χ4v) is 7.81. The number of rotatable bonds is 34. The Hall–Kier alpha value is -6.49. The van der Waals surface area contributed by atoms with Crippen molar-refractivity contribution in [1.29, 1.82) is 0 Å². The highest BCUT2D eigenvalue weighted by atomic mass is 35.5. The average molecular weight is 1070 g/mol. The number of nitrogens with zero attached hydrogens (tertiary/aromatic N) is 2. The third-order valence-corrected chi connectivity index (χ3v) is 12.1. The molecule has 414 valence electrons. The van der Waals surface area contributed by atoms with Crippen molar-refractivity contribution in [2.45, 2.75) is 132 Å². The normalized spacial score (nSPS) is 16.2. The van der Waals surface area contributed by atoms with Crippen LogP contribution in [0.15, 0.2) is 41.0 Å². The minimum absolute atomic E-state index is 0.0370. The molecule has 1 aromatic rings. The van der Waals surface area contributed by atoms with Crippen LogP contribution in [-0.4, -0.2) is 169 Å². The first-order valence-electron chi connectivity index (χ1n) is 24.5. The number of unbranched alkanes of at least 4 members (excludes halogenated alkanes) is 2. The van der Waals surface area contributed by atoms with Crippen molar-refractivity contribution in [2.75, 3.05) is 45.8 Å². The monoisotopic (exact) mass is 1060 g/mol. The van der Waals surface area contributed by atoms with E-state index in [2.05, 4.69) is 42.2 Å². The van der Waals surface area contributed by atoms with Crippen molar-refractivity contribution in [3.8, 4) is 0 Å². The van der Waals surface area contributed by atoms with Gasteiger partial charge in [0.15, 0.2) is 5.96 Å². The van der Waals surface area contributed by atoms with Crippen molar-refractivity contribution < 1.29 is 53.4 Å². The smallest absolute Gasteiger partial charge is 0.352 e. The van der Waals surface area contributed by atoms with Gasteiger partial charge in [0.25, 0.3) is 0 Å². The number of halogens is 1. The molecule has 1 aliphatic rings. The van der Waals surface area contributed by atoms with E-state index in [1.54, 1.807) is 24.3 Å². The van der Waals surface area contributed by atoms with Gasteiger partial charge in [0.2, 0.25) is 47.3 Å². The zero-order valence-corrected chi connectivity index (χ0v) is 42.6. The van der Waals surface area contributed by atoms with Crippen LogP contribution in [0, 0.1) is 0 Å². The maximum Gasteiger partial charge on any atom is 0.352 e. The molecule has 0 bridgehead atoms. The fraction of sp³-hybridized carbons (Fsp3) is 0.609. The molecule has 1 saturated heterocycles. The third kappa shape index (κ3) is 22.3. The van der Waals surface area contributed by atoms with Gasteiger partial charge in [-0.1, -0.05) is 42.3 Å². The number of hydrogen-bond acceptors (Lipinski definition) is 16. The Morgan fingerprint density at radius 1 is 0.784 bits per heavy atom. The van der Waals surface area contributed by atoms with Gasteiger partial charge in [-0.05, 0) is 102 Å². The first kappa shape index (κ1) is 63.6. The summed E-state index contributed by atoms with van der Waals surface area (Å²) in [6.45, 7) is 1.15. The Morgan fingerprint density at radius 2 is 1.43 bits per heavy atom. The number of nitrogens with two attached hydrogens (primary N) is 7. The SMILES string of the molecule is C[C@H](NC(=O)[C@@H](NC(=O)[C@@H](N)CCCCN)[C@@H](O)CN)C(=O)NCC(=O)N[C@H](CCCN)C(=O)N1CCC[C@H]1C(=O)N[C@@H](Cc1ccccc1Cl)C(=O)N[C@@H](CCCCN)C(=O)N/C(=C\CCN=C(N)N)C(=O)O. The highest BCUT2D eigenvalue weighted by Gasteiger charge is 2.40. The van der Waals surface area contributed by atoms with Gasteiger partial charge in [-0.2, -0.15) is 0 Å². The van der Waals surface area contributed by atoms with Crippen LogP contribution in [0.5, 0.6) is 0 Å². The molecule has 28 heteroatoms. The fourth-order valence-electron chi connectivity index (χ4n) is 7.60. The second kappa shape index (κ2) is 34.1. The first-order valence-corrected chi connectivity index (χ1v) is 24.9. The number of nitrogens with one attached hydrogen (secondary N) is 7. The summed E-state index contributed by atoms with van der Waals surface area (Å²) in [6, 6.07) is -2.33. The second-order valence-electron chi connectivity index (χ2n) is 17.6. The summed E-state index contributed by atoms with van der Waals surface area (Å²) in [5.74, 6) is -8.06. The van der Waals surface area contributed by atoms with Crippen molar-refractivity contribution in [3.63, 3.8) is 0 Å². The Balaban J connectivity index is 2.26. The van der Waals surface area contributed by atoms with E-state index < -0.39 is 120 Å². The minimum Gasteiger partial charge on any atom is -0.477 e. The molecule has 2 rings (SSSR count). The summed E-state index contributed by atoms with van der Waals surface area (Å²) < 4.78 is 0. The van der Waals surface area contributed by atoms with E-state index in [0.717, 1.165) is 0 Å². The molecule has 1 aliphatic heterocycles. The van der Waals surface area contributed by atoms with Crippen molar-refractivity contribution >= 4 is 70.8 Å². The van der Waals surface area contributed by atoms with Crippen LogP contribution >= 0.6 is 11.6 Å². The molecule has 1 fully saturated rings. The number of aliphatic imine (C=N–C) groups is 1. The van der Waals surface area contributed by atoms with E-state index in [1.165, 1.54) is 17.9 Å². The topological polar surface area (TPSA) is 476 Å². The number of carbonyl (C=O) groups is 9. The van der Waals surface area contributed by atoms with Crippen LogP contribution in [-0.2, 0) is 49.6 Å². The summed E-state index contributed by atoms with van der Waals surface area (Å²) in [7, 11) is 0. The van der Waals surface area contributed by atoms with Gasteiger partial charge in [0, 0.05) is 31.1 Å². The lowest BCUT2D eigenvalue weighted by Crippen LogP contribution is -2.60. The Labute approximate surface area is 435 Å². The minimum atomic E-state index is -1.57. The number of carbonyl (C=O) groups excluding carboxylic acids is 8. The molecular formula is C46H77ClN16O11. The number of benzene rings is 1. The van der Waals surface area contributed by atoms with Crippen LogP contribution in [0.4, 0.5) is 0 Å². The van der Waals surface area contributed by atoms with Crippen LogP contribution in [0.3, 0.4) is 0 Å². The predicted octanol–water partition coefficient (Wildman–Crippen LogP) is -5.17. The van der Waals surface area contributed by atoms with Crippen LogP contribution in [0.25, 0.3) is 0 Å². The number of aliphatic hydroxyl groups is 1. The van der Waals surface area contributed by atoms with Crippen molar-refractivity contribution in [3.05, 3.63) is 46.6 Å². The van der Waals surface area contributed by atoms with Gasteiger partial charge in [0.1, 0.15) is 41.9 Å². The molecule has 0 saturated carbocycles. The molecule has 8 amide bonds. The van der Waals surface area contributed by atoms with Gasteiger partial charge >= 0.3 is 5.97 Å². The van der Waals surface area contributed by atoms with Crippen molar-refractivity contribution in [1.82, 2.24) is 42.1 Å². The largest absolute Gasteiger partial charge is 0.477 e. The maximum atomic E-state index is 14.2. The zero-order chi connectivity index (χ0) is 55.3. The molecule has 27 nitrogen and oxygen atoms in total. The number of aliphatic hydroxyl groups excluding tert-OH is 1. The van der Waals surface area contributed by atoms with Gasteiger partial charge in [-0.15, -0.1) is 0 Å². The van der Waals surface area contributed by atoms with E-state index in [-0.39, 0.29) is 82.1 Å². The van der Waals surface area contributed by atoms with Crippen LogP contribution in [0.2, 0.25) is 5.02 Å². The van der Waals surface area contributed by atoms with Gasteiger partial charge in [-0.3, -0.25) is 43.3 Å². The number of carboxylic acid groups (broad SMARTS) is 1. The average Bonchev–Trinajstić information content (AvgIpc) is 3.87. The molecule has 0 radical (unpaired) electrons. The van der Waals surface area contributed by atoms with E-state index in [1.807, 2.05) is 0 Å². The molecule has 1 heterocycles. The van der Waals surface area contributed by atoms with Gasteiger partial charge in [-0.25, -0.2) is 4.79 Å². The quantitative estimate of drug-likeness (QED) is 0.0133. The molecular weight excluding hydrogens is 988 g/mol. The Morgan fingerprint density at radius 3 is 2.05 bits per heavy atom. The molecule has 74 heavy (non-hydrogen) atoms. The molecule has 0 aliphatic carbocycles. The van der Waals surface area contributed by atoms with E-state index in [4.69, 9.17) is 51.7 Å². The van der Waals surface area contributed by atoms with Gasteiger partial charge < -0.3 is 92.5 Å². The van der Waals surface area contributed by atoms with Crippen LogP contribution in [0.1, 0.15) is 83.1 Å². The van der Waals surface area contributed by atoms with Gasteiger partial charge in [0.05, 0.1) is 18.7 Å². The predicted molar refractivity (Wildman–Crippen MR) is 275 cm³/mol. The lowest BCUT2D eigenvalue weighted by molar-refractivity contribution is -0.142. The number of hydrogen-bond donors (Lipinski definition) is 16. The highest BCUT2D eigenvalue weighted by molar-refractivity contribution is 6.31. The Bertz CT molecular complexity index is 2110. The summed E-state index contributed by atoms with van der Waals surface area (Å²) >= 11 is 6.49. The highest BCUT2D eigenvalue weighted by Crippen LogP contribution is 2.22. The Kier molecular flexibility index (Phi) is 29.3. The molecule has 1 aromatic carbocycles. The number of likely N-dealkylation sites (tertiary alicyclic amines) is 1. The molecule has 8 atom stereocenters. The maximum absolute atomic E-state index is 14.2.